The molecule has 3 N–H and O–H groups in total. The minimum Gasteiger partial charge on any atom is -0.457 e. The van der Waals surface area contributed by atoms with E-state index in [2.05, 4.69) is 15.5 Å². The molecule has 0 saturated carbocycles. The molecular weight excluding hydrogens is 675 g/mol. The highest BCUT2D eigenvalue weighted by molar-refractivity contribution is 8.06. The molecule has 12 nitrogen and oxygen atoms in total. The van der Waals surface area contributed by atoms with Crippen LogP contribution in [-0.2, 0) is 33.5 Å². The van der Waals surface area contributed by atoms with E-state index in [1.807, 2.05) is 67.6 Å². The number of thioether (sulfide) groups is 2. The molecule has 0 spiro atoms. The lowest BCUT2D eigenvalue weighted by Gasteiger charge is -2.49. The maximum atomic E-state index is 14.0. The van der Waals surface area contributed by atoms with Crippen molar-refractivity contribution in [1.82, 2.24) is 15.2 Å². The smallest absolute Gasteiger partial charge is 0.356 e. The molecule has 2 aromatic carbocycles. The Morgan fingerprint density at radius 2 is 1.75 bits per heavy atom. The molecule has 0 bridgehead atoms. The van der Waals surface area contributed by atoms with Gasteiger partial charge in [0.15, 0.2) is 16.9 Å². The Balaban J connectivity index is 1.35. The molecule has 2 atom stereocenters. The maximum absolute atomic E-state index is 14.0. The summed E-state index contributed by atoms with van der Waals surface area (Å²) in [7, 11) is 0. The number of nitrogens with one attached hydrogen (secondary N) is 1. The molecule has 15 heteroatoms. The van der Waals surface area contributed by atoms with Crippen molar-refractivity contribution in [3.8, 4) is 0 Å². The molecule has 0 aliphatic carbocycles. The van der Waals surface area contributed by atoms with Crippen LogP contribution in [0.4, 0.5) is 5.13 Å². The fraction of sp³-hybridized carbons (Fsp3) is 0.333. The van der Waals surface area contributed by atoms with Crippen molar-refractivity contribution in [2.45, 2.75) is 50.8 Å². The highest BCUT2D eigenvalue weighted by Gasteiger charge is 2.55. The summed E-state index contributed by atoms with van der Waals surface area (Å²) in [6, 6.07) is 17.8. The second-order valence-electron chi connectivity index (χ2n) is 11.5. The lowest BCUT2D eigenvalue weighted by molar-refractivity contribution is -0.160. The number of carbonyl (C=O) groups is 4. The summed E-state index contributed by atoms with van der Waals surface area (Å²) in [4.78, 5) is 64.7. The van der Waals surface area contributed by atoms with E-state index in [1.54, 1.807) is 20.8 Å². The number of thiazole rings is 1. The first-order valence-corrected chi connectivity index (χ1v) is 17.9. The van der Waals surface area contributed by atoms with E-state index >= 15 is 0 Å². The van der Waals surface area contributed by atoms with Crippen molar-refractivity contribution in [3.63, 3.8) is 0 Å². The van der Waals surface area contributed by atoms with Gasteiger partial charge in [-0.3, -0.25) is 14.5 Å². The quantitative estimate of drug-likeness (QED) is 0.118. The van der Waals surface area contributed by atoms with Crippen molar-refractivity contribution < 1.29 is 33.5 Å². The molecule has 3 aromatic rings. The first kappa shape index (κ1) is 35.0. The molecule has 5 rings (SSSR count). The zero-order chi connectivity index (χ0) is 34.4. The summed E-state index contributed by atoms with van der Waals surface area (Å²) in [5, 5.41) is 7.69. The van der Waals surface area contributed by atoms with Crippen LogP contribution in [0.1, 0.15) is 50.6 Å². The Labute approximate surface area is 290 Å². The van der Waals surface area contributed by atoms with E-state index in [4.69, 9.17) is 20.0 Å². The van der Waals surface area contributed by atoms with Crippen molar-refractivity contribution in [3.05, 3.63) is 93.5 Å². The number of oxime groups is 1. The van der Waals surface area contributed by atoms with Crippen molar-refractivity contribution in [1.29, 1.82) is 0 Å². The first-order chi connectivity index (χ1) is 23.0. The van der Waals surface area contributed by atoms with Gasteiger partial charge < -0.3 is 25.4 Å². The molecule has 2 aliphatic heterocycles. The van der Waals surface area contributed by atoms with Crippen molar-refractivity contribution >= 4 is 69.5 Å². The third-order valence-corrected chi connectivity index (χ3v) is 10.0. The maximum Gasteiger partial charge on any atom is 0.356 e. The molecule has 2 aliphatic rings. The molecule has 1 unspecified atom stereocenters. The average molecular weight is 710 g/mol. The standard InChI is InChI=1S/C33H35N5O7S3/c1-5-46-22-18-47-30-25(36-28(40)24(21-17-48-32(34)35-21)37-43-16-23(39)45-33(2,3)4)29(41)38(30)26(22)31(42)44-27(19-12-8-6-9-13-19)20-14-10-7-11-15-20/h6-15,17,25,27,30H,5,16,18H2,1-4H3,(H2,34,35)(H,36,40)/b37-24-/t25?,30-/m1/s1. The number of benzene rings is 2. The highest BCUT2D eigenvalue weighted by Crippen LogP contribution is 2.44. The van der Waals surface area contributed by atoms with Gasteiger partial charge in [0.1, 0.15) is 28.4 Å². The number of rotatable bonds is 12. The number of aromatic nitrogens is 1. The number of esters is 2. The second-order valence-corrected chi connectivity index (χ2v) is 14.9. The Morgan fingerprint density at radius 3 is 2.31 bits per heavy atom. The predicted molar refractivity (Wildman–Crippen MR) is 186 cm³/mol. The lowest BCUT2D eigenvalue weighted by atomic mass is 10.0. The zero-order valence-corrected chi connectivity index (χ0v) is 29.2. The van der Waals surface area contributed by atoms with E-state index in [1.165, 1.54) is 33.8 Å². The van der Waals surface area contributed by atoms with Gasteiger partial charge in [0, 0.05) is 16.0 Å². The Hall–Kier alpha value is -4.34. The van der Waals surface area contributed by atoms with E-state index in [0.717, 1.165) is 27.4 Å². The number of hydrogen-bond acceptors (Lipinski definition) is 13. The normalized spacial score (nSPS) is 17.8. The van der Waals surface area contributed by atoms with Gasteiger partial charge in [-0.05, 0) is 37.7 Å². The van der Waals surface area contributed by atoms with Crippen LogP contribution in [0.2, 0.25) is 0 Å². The number of nitrogen functional groups attached to an aromatic ring is 1. The van der Waals surface area contributed by atoms with Crippen LogP contribution in [-0.4, -0.2) is 74.5 Å². The molecule has 2 amide bonds. The number of nitrogens with zero attached hydrogens (tertiary/aromatic N) is 3. The summed E-state index contributed by atoms with van der Waals surface area (Å²) in [5.74, 6) is -1.44. The topological polar surface area (TPSA) is 163 Å². The van der Waals surface area contributed by atoms with E-state index < -0.39 is 53.5 Å². The van der Waals surface area contributed by atoms with Crippen molar-refractivity contribution in [2.24, 2.45) is 5.16 Å². The number of amides is 2. The number of anilines is 1. The second kappa shape index (κ2) is 15.3. The minimum absolute atomic E-state index is 0.109. The van der Waals surface area contributed by atoms with Crippen LogP contribution >= 0.6 is 34.9 Å². The molecule has 1 saturated heterocycles. The van der Waals surface area contributed by atoms with Gasteiger partial charge in [-0.2, -0.15) is 0 Å². The Bertz CT molecular complexity index is 1680. The van der Waals surface area contributed by atoms with Crippen LogP contribution in [0.25, 0.3) is 0 Å². The van der Waals surface area contributed by atoms with Gasteiger partial charge in [-0.15, -0.1) is 34.9 Å². The van der Waals surface area contributed by atoms with Crippen molar-refractivity contribution in [2.75, 3.05) is 23.8 Å². The van der Waals surface area contributed by atoms with Gasteiger partial charge in [0.2, 0.25) is 6.61 Å². The average Bonchev–Trinajstić information content (AvgIpc) is 3.49. The Kier molecular flexibility index (Phi) is 11.1. The van der Waals surface area contributed by atoms with E-state index in [9.17, 15) is 19.2 Å². The summed E-state index contributed by atoms with van der Waals surface area (Å²) >= 11 is 3.98. The SMILES string of the molecule is CCSC1=C(C(=O)OC(c2ccccc2)c2ccccc2)N2C(=O)C(NC(=O)/C(=N\OCC(=O)OC(C)(C)C)c3csc(N)n3)[C@H]2SC1. The molecule has 1 fully saturated rings. The number of nitrogens with two attached hydrogens (primary N) is 1. The molecular formula is C33H35N5O7S3. The van der Waals surface area contributed by atoms with Crippen LogP contribution in [0.3, 0.4) is 0 Å². The molecule has 3 heterocycles. The fourth-order valence-electron chi connectivity index (χ4n) is 4.94. The van der Waals surface area contributed by atoms with Gasteiger partial charge >= 0.3 is 11.9 Å². The number of hydrogen-bond donors (Lipinski definition) is 2. The highest BCUT2D eigenvalue weighted by atomic mass is 32.2. The zero-order valence-electron chi connectivity index (χ0n) is 26.7. The van der Waals surface area contributed by atoms with Gasteiger partial charge in [0.25, 0.3) is 11.8 Å². The molecule has 252 valence electrons. The van der Waals surface area contributed by atoms with Crippen LogP contribution in [0.5, 0.6) is 0 Å². The number of fused-ring (bicyclic) bond motifs is 1. The largest absolute Gasteiger partial charge is 0.457 e. The summed E-state index contributed by atoms with van der Waals surface area (Å²) in [6.45, 7) is 6.54. The van der Waals surface area contributed by atoms with Gasteiger partial charge in [-0.25, -0.2) is 14.6 Å². The number of β-lactam (4-membered cyclic amide) rings is 1. The minimum atomic E-state index is -0.982. The van der Waals surface area contributed by atoms with Crippen LogP contribution in [0.15, 0.2) is 81.8 Å². The monoisotopic (exact) mass is 709 g/mol. The lowest BCUT2D eigenvalue weighted by Crippen LogP contribution is -2.71. The van der Waals surface area contributed by atoms with Crippen LogP contribution < -0.4 is 11.1 Å². The third-order valence-electron chi connectivity index (χ3n) is 6.90. The first-order valence-electron chi connectivity index (χ1n) is 15.0. The summed E-state index contributed by atoms with van der Waals surface area (Å²) in [5.41, 5.74) is 6.63. The number of ether oxygens (including phenoxy) is 2. The Morgan fingerprint density at radius 1 is 1.10 bits per heavy atom. The summed E-state index contributed by atoms with van der Waals surface area (Å²) in [6.07, 6.45) is -0.704. The van der Waals surface area contributed by atoms with E-state index in [0.29, 0.717) is 11.5 Å². The molecule has 48 heavy (non-hydrogen) atoms. The fourth-order valence-corrected chi connectivity index (χ4v) is 7.89. The van der Waals surface area contributed by atoms with Gasteiger partial charge in [-0.1, -0.05) is 72.7 Å². The molecule has 1 aromatic heterocycles. The molecule has 0 radical (unpaired) electrons. The third kappa shape index (κ3) is 8.20. The predicted octanol–water partition coefficient (Wildman–Crippen LogP) is 4.49. The number of carbonyl (C=O) groups excluding carboxylic acids is 4. The van der Waals surface area contributed by atoms with Crippen LogP contribution in [0, 0.1) is 0 Å². The van der Waals surface area contributed by atoms with E-state index in [-0.39, 0.29) is 22.2 Å². The summed E-state index contributed by atoms with van der Waals surface area (Å²) < 4.78 is 11.4. The van der Waals surface area contributed by atoms with Gasteiger partial charge in [0.05, 0.1) is 0 Å².